The number of rotatable bonds is 3. The average molecular weight is 419 g/mol. The van der Waals surface area contributed by atoms with Crippen molar-refractivity contribution in [2.24, 2.45) is 5.92 Å². The number of Topliss-reactive ketones (excluding diaryl/α,β-unsaturated/α-hetero) is 1. The van der Waals surface area contributed by atoms with Crippen LogP contribution in [0, 0.1) is 5.92 Å². The number of anilines is 1. The molecule has 1 saturated carbocycles. The van der Waals surface area contributed by atoms with E-state index < -0.39 is 0 Å². The Morgan fingerprint density at radius 3 is 2.75 bits per heavy atom. The van der Waals surface area contributed by atoms with Crippen LogP contribution in [0.3, 0.4) is 0 Å². The number of nitrogens with zero attached hydrogens (tertiary/aromatic N) is 6. The minimum absolute atomic E-state index is 0.165. The molecule has 7 rings (SSSR count). The van der Waals surface area contributed by atoms with Crippen LogP contribution in [-0.2, 0) is 0 Å². The van der Waals surface area contributed by atoms with E-state index in [9.17, 15) is 4.79 Å². The number of nitrogens with two attached hydrogens (primary N) is 1. The molecule has 0 radical (unpaired) electrons. The van der Waals surface area contributed by atoms with E-state index in [2.05, 4.69) is 16.1 Å². The number of pyridine rings is 2. The molecule has 0 spiro atoms. The van der Waals surface area contributed by atoms with Gasteiger partial charge in [0.05, 0.1) is 5.56 Å². The summed E-state index contributed by atoms with van der Waals surface area (Å²) in [7, 11) is 0. The molecule has 154 valence electrons. The predicted octanol–water partition coefficient (Wildman–Crippen LogP) is 3.55. The Bertz CT molecular complexity index is 1550. The second-order valence-electron chi connectivity index (χ2n) is 8.25. The fourth-order valence-corrected chi connectivity index (χ4v) is 4.76. The number of nitrogen functional groups attached to an aromatic ring is 1. The Morgan fingerprint density at radius 1 is 0.969 bits per heavy atom. The van der Waals surface area contributed by atoms with Crippen molar-refractivity contribution < 1.29 is 4.79 Å². The van der Waals surface area contributed by atoms with Crippen LogP contribution in [0.25, 0.3) is 34.1 Å². The first-order chi connectivity index (χ1) is 15.7. The van der Waals surface area contributed by atoms with Crippen LogP contribution < -0.4 is 5.73 Å². The summed E-state index contributed by atoms with van der Waals surface area (Å²) < 4.78 is 3.71. The molecule has 4 heterocycles. The summed E-state index contributed by atoms with van der Waals surface area (Å²) in [4.78, 5) is 26.5. The van der Waals surface area contributed by atoms with Crippen molar-refractivity contribution in [2.45, 2.75) is 12.3 Å². The minimum atomic E-state index is 0.165. The van der Waals surface area contributed by atoms with Gasteiger partial charge in [-0.05, 0) is 66.4 Å². The SMILES string of the molecule is Nc1ncccc1-c1nc2ccc(-n3cccn3)nc2n1-c1ccc2c(c1)C1CC1C2=O. The van der Waals surface area contributed by atoms with Crippen LogP contribution in [0.1, 0.15) is 28.3 Å². The van der Waals surface area contributed by atoms with Crippen LogP contribution >= 0.6 is 0 Å². The van der Waals surface area contributed by atoms with E-state index in [0.717, 1.165) is 34.3 Å². The highest BCUT2D eigenvalue weighted by atomic mass is 16.1. The van der Waals surface area contributed by atoms with Crippen molar-refractivity contribution >= 4 is 22.8 Å². The lowest BCUT2D eigenvalue weighted by molar-refractivity contribution is 0.0974. The zero-order valence-electron chi connectivity index (χ0n) is 16.9. The van der Waals surface area contributed by atoms with E-state index in [1.807, 2.05) is 53.2 Å². The van der Waals surface area contributed by atoms with Gasteiger partial charge in [0.2, 0.25) is 0 Å². The van der Waals surface area contributed by atoms with Gasteiger partial charge in [-0.25, -0.2) is 19.6 Å². The van der Waals surface area contributed by atoms with E-state index in [0.29, 0.717) is 29.0 Å². The average Bonchev–Trinajstić information content (AvgIpc) is 3.14. The minimum Gasteiger partial charge on any atom is -0.383 e. The molecule has 2 aliphatic carbocycles. The molecule has 0 saturated heterocycles. The summed E-state index contributed by atoms with van der Waals surface area (Å²) in [5.74, 6) is 2.52. The third-order valence-electron chi connectivity index (χ3n) is 6.39. The molecule has 2 atom stereocenters. The lowest BCUT2D eigenvalue weighted by Gasteiger charge is -2.12. The van der Waals surface area contributed by atoms with Gasteiger partial charge in [-0.15, -0.1) is 0 Å². The highest BCUT2D eigenvalue weighted by molar-refractivity contribution is 6.06. The molecule has 8 heteroatoms. The van der Waals surface area contributed by atoms with E-state index in [-0.39, 0.29) is 11.7 Å². The highest BCUT2D eigenvalue weighted by Gasteiger charge is 2.51. The summed E-state index contributed by atoms with van der Waals surface area (Å²) in [5.41, 5.74) is 11.2. The number of imidazole rings is 1. The smallest absolute Gasteiger partial charge is 0.167 e. The molecule has 1 fully saturated rings. The van der Waals surface area contributed by atoms with Crippen molar-refractivity contribution in [2.75, 3.05) is 5.73 Å². The van der Waals surface area contributed by atoms with E-state index in [1.165, 1.54) is 0 Å². The van der Waals surface area contributed by atoms with Crippen molar-refractivity contribution in [3.63, 3.8) is 0 Å². The molecule has 0 amide bonds. The summed E-state index contributed by atoms with van der Waals surface area (Å²) in [6.07, 6.45) is 6.18. The van der Waals surface area contributed by atoms with Crippen molar-refractivity contribution in [1.82, 2.24) is 29.3 Å². The Hall–Kier alpha value is -4.33. The van der Waals surface area contributed by atoms with E-state index in [1.54, 1.807) is 17.1 Å². The quantitative estimate of drug-likeness (QED) is 0.480. The first-order valence-electron chi connectivity index (χ1n) is 10.5. The number of hydrogen-bond acceptors (Lipinski definition) is 6. The number of ketones is 1. The lowest BCUT2D eigenvalue weighted by atomic mass is 10.0. The second kappa shape index (κ2) is 6.10. The second-order valence-corrected chi connectivity index (χ2v) is 8.25. The third kappa shape index (κ3) is 2.34. The maximum atomic E-state index is 12.5. The third-order valence-corrected chi connectivity index (χ3v) is 6.39. The molecule has 2 N–H and O–H groups in total. The van der Waals surface area contributed by atoms with Crippen molar-refractivity contribution in [3.8, 4) is 22.9 Å². The van der Waals surface area contributed by atoms with Gasteiger partial charge in [0, 0.05) is 35.8 Å². The van der Waals surface area contributed by atoms with Gasteiger partial charge in [0.15, 0.2) is 23.1 Å². The summed E-state index contributed by atoms with van der Waals surface area (Å²) in [6.45, 7) is 0. The fourth-order valence-electron chi connectivity index (χ4n) is 4.76. The van der Waals surface area contributed by atoms with Gasteiger partial charge < -0.3 is 5.73 Å². The van der Waals surface area contributed by atoms with Gasteiger partial charge in [-0.3, -0.25) is 9.36 Å². The molecule has 8 nitrogen and oxygen atoms in total. The van der Waals surface area contributed by atoms with Gasteiger partial charge in [-0.2, -0.15) is 5.10 Å². The number of fused-ring (bicyclic) bond motifs is 4. The van der Waals surface area contributed by atoms with Crippen LogP contribution in [-0.4, -0.2) is 35.1 Å². The summed E-state index contributed by atoms with van der Waals surface area (Å²) >= 11 is 0. The molecule has 0 bridgehead atoms. The molecule has 5 aromatic rings. The first-order valence-corrected chi connectivity index (χ1v) is 10.5. The first kappa shape index (κ1) is 17.4. The fraction of sp³-hybridized carbons (Fsp3) is 0.125. The predicted molar refractivity (Wildman–Crippen MR) is 119 cm³/mol. The Labute approximate surface area is 182 Å². The molecule has 2 unspecified atom stereocenters. The molecule has 4 aromatic heterocycles. The lowest BCUT2D eigenvalue weighted by Crippen LogP contribution is -2.05. The van der Waals surface area contributed by atoms with Crippen LogP contribution in [0.2, 0.25) is 0 Å². The highest BCUT2D eigenvalue weighted by Crippen LogP contribution is 2.56. The number of hydrogen-bond donors (Lipinski definition) is 1. The Balaban J connectivity index is 1.51. The van der Waals surface area contributed by atoms with E-state index in [4.69, 9.17) is 15.7 Å². The molecule has 0 aliphatic heterocycles. The number of aromatic nitrogens is 6. The molecule has 32 heavy (non-hydrogen) atoms. The summed E-state index contributed by atoms with van der Waals surface area (Å²) in [5, 5.41) is 4.30. The molecule has 2 aliphatic rings. The number of carbonyl (C=O) groups is 1. The maximum Gasteiger partial charge on any atom is 0.167 e. The van der Waals surface area contributed by atoms with E-state index >= 15 is 0 Å². The standard InChI is InChI=1S/C24H17N7O/c25-22-15(3-1-8-26-22)23-28-19-6-7-20(30-10-2-9-27-30)29-24(19)31(23)13-4-5-14-16(11-13)17-12-18(17)21(14)32/h1-11,17-18H,12H2,(H2,25,26). The topological polar surface area (TPSA) is 105 Å². The van der Waals surface area contributed by atoms with Crippen LogP contribution in [0.15, 0.2) is 67.1 Å². The monoisotopic (exact) mass is 419 g/mol. The molecule has 1 aromatic carbocycles. The zero-order valence-corrected chi connectivity index (χ0v) is 16.9. The number of carbonyl (C=O) groups excluding carboxylic acids is 1. The van der Waals surface area contributed by atoms with Gasteiger partial charge in [0.25, 0.3) is 0 Å². The van der Waals surface area contributed by atoms with Gasteiger partial charge in [0.1, 0.15) is 11.3 Å². The molecular weight excluding hydrogens is 402 g/mol. The largest absolute Gasteiger partial charge is 0.383 e. The van der Waals surface area contributed by atoms with Gasteiger partial charge in [-0.1, -0.05) is 0 Å². The normalized spacial score (nSPS) is 18.7. The maximum absolute atomic E-state index is 12.5. The van der Waals surface area contributed by atoms with Crippen molar-refractivity contribution in [1.29, 1.82) is 0 Å². The van der Waals surface area contributed by atoms with Crippen molar-refractivity contribution in [3.05, 3.63) is 78.2 Å². The molecular formula is C24H17N7O. The Morgan fingerprint density at radius 2 is 1.91 bits per heavy atom. The zero-order chi connectivity index (χ0) is 21.4. The van der Waals surface area contributed by atoms with Gasteiger partial charge >= 0.3 is 0 Å². The van der Waals surface area contributed by atoms with Crippen LogP contribution in [0.4, 0.5) is 5.82 Å². The summed E-state index contributed by atoms with van der Waals surface area (Å²) in [6, 6.07) is 15.4. The van der Waals surface area contributed by atoms with Crippen LogP contribution in [0.5, 0.6) is 0 Å². The number of benzene rings is 1. The Kier molecular flexibility index (Phi) is 3.31.